The molecule has 1 aromatic carbocycles. The molecule has 6 heteroatoms. The largest absolute Gasteiger partial charge is 0.294 e. The van der Waals surface area contributed by atoms with Crippen molar-refractivity contribution >= 4 is 39.1 Å². The SMILES string of the molecule is CCc1nn(C)cc1C(=O)CC(=O)c1ccc(Br)cc1Cl. The third kappa shape index (κ3) is 3.60. The van der Waals surface area contributed by atoms with Crippen LogP contribution in [0.2, 0.25) is 5.02 Å². The number of halogens is 2. The van der Waals surface area contributed by atoms with Gasteiger partial charge in [-0.3, -0.25) is 14.3 Å². The zero-order chi connectivity index (χ0) is 15.6. The van der Waals surface area contributed by atoms with Gasteiger partial charge in [-0.15, -0.1) is 0 Å². The summed E-state index contributed by atoms with van der Waals surface area (Å²) >= 11 is 9.32. The van der Waals surface area contributed by atoms with Crippen LogP contribution in [0.3, 0.4) is 0 Å². The molecule has 2 aromatic rings. The Bertz CT molecular complexity index is 710. The highest BCUT2D eigenvalue weighted by molar-refractivity contribution is 9.10. The maximum absolute atomic E-state index is 12.3. The molecule has 0 aliphatic carbocycles. The van der Waals surface area contributed by atoms with Gasteiger partial charge in [0.05, 0.1) is 22.7 Å². The molecule has 0 N–H and O–H groups in total. The van der Waals surface area contributed by atoms with E-state index in [0.717, 1.165) is 4.47 Å². The topological polar surface area (TPSA) is 52.0 Å². The third-order valence-electron chi connectivity index (χ3n) is 3.09. The number of ketones is 2. The average Bonchev–Trinajstić information content (AvgIpc) is 2.79. The summed E-state index contributed by atoms with van der Waals surface area (Å²) < 4.78 is 2.37. The second-order valence-corrected chi connectivity index (χ2v) is 5.99. The van der Waals surface area contributed by atoms with Gasteiger partial charge in [-0.2, -0.15) is 5.10 Å². The molecule has 0 spiro atoms. The minimum atomic E-state index is -0.289. The van der Waals surface area contributed by atoms with Crippen LogP contribution in [0.25, 0.3) is 0 Å². The molecule has 0 radical (unpaired) electrons. The minimum Gasteiger partial charge on any atom is -0.294 e. The van der Waals surface area contributed by atoms with Gasteiger partial charge in [-0.05, 0) is 24.6 Å². The van der Waals surface area contributed by atoms with Gasteiger partial charge >= 0.3 is 0 Å². The molecule has 21 heavy (non-hydrogen) atoms. The van der Waals surface area contributed by atoms with Gasteiger partial charge in [-0.1, -0.05) is 34.5 Å². The number of aromatic nitrogens is 2. The number of nitrogens with zero attached hydrogens (tertiary/aromatic N) is 2. The van der Waals surface area contributed by atoms with Crippen LogP contribution < -0.4 is 0 Å². The van der Waals surface area contributed by atoms with E-state index in [2.05, 4.69) is 21.0 Å². The van der Waals surface area contributed by atoms with Gasteiger partial charge in [0.2, 0.25) is 0 Å². The fourth-order valence-electron chi connectivity index (χ4n) is 2.08. The first kappa shape index (κ1) is 15.9. The molecule has 0 saturated carbocycles. The minimum absolute atomic E-state index is 0.208. The molecule has 0 saturated heterocycles. The second kappa shape index (κ2) is 6.54. The van der Waals surface area contributed by atoms with Gasteiger partial charge in [0.1, 0.15) is 0 Å². The first-order valence-electron chi connectivity index (χ1n) is 6.46. The number of carbonyl (C=O) groups is 2. The monoisotopic (exact) mass is 368 g/mol. The summed E-state index contributed by atoms with van der Waals surface area (Å²) in [5, 5.41) is 4.55. The standard InChI is InChI=1S/C15H14BrClN2O2/c1-3-13-11(8-19(2)18-13)15(21)7-14(20)10-5-4-9(16)6-12(10)17/h4-6,8H,3,7H2,1-2H3. The Morgan fingerprint density at radius 1 is 1.29 bits per heavy atom. The molecule has 1 aromatic heterocycles. The van der Waals surface area contributed by atoms with Crippen molar-refractivity contribution in [3.05, 3.63) is 50.7 Å². The first-order chi connectivity index (χ1) is 9.92. The molecule has 0 fully saturated rings. The van der Waals surface area contributed by atoms with Crippen LogP contribution in [0.1, 0.15) is 39.8 Å². The lowest BCUT2D eigenvalue weighted by Crippen LogP contribution is -2.10. The number of benzene rings is 1. The zero-order valence-corrected chi connectivity index (χ0v) is 14.0. The van der Waals surface area contributed by atoms with Crippen molar-refractivity contribution < 1.29 is 9.59 Å². The Kier molecular flexibility index (Phi) is 4.96. The van der Waals surface area contributed by atoms with Gasteiger partial charge in [0.25, 0.3) is 0 Å². The quantitative estimate of drug-likeness (QED) is 0.594. The van der Waals surface area contributed by atoms with Gasteiger partial charge < -0.3 is 0 Å². The Hall–Kier alpha value is -1.46. The van der Waals surface area contributed by atoms with Crippen molar-refractivity contribution in [2.45, 2.75) is 19.8 Å². The molecule has 1 heterocycles. The molecule has 0 aliphatic heterocycles. The molecule has 2 rings (SSSR count). The number of hydrogen-bond acceptors (Lipinski definition) is 3. The molecule has 0 bridgehead atoms. The highest BCUT2D eigenvalue weighted by atomic mass is 79.9. The highest BCUT2D eigenvalue weighted by Crippen LogP contribution is 2.23. The Balaban J connectivity index is 2.20. The van der Waals surface area contributed by atoms with Crippen molar-refractivity contribution in [1.29, 1.82) is 0 Å². The highest BCUT2D eigenvalue weighted by Gasteiger charge is 2.20. The number of rotatable bonds is 5. The van der Waals surface area contributed by atoms with E-state index in [9.17, 15) is 9.59 Å². The molecule has 0 aliphatic rings. The lowest BCUT2D eigenvalue weighted by molar-refractivity contribution is 0.0894. The fraction of sp³-hybridized carbons (Fsp3) is 0.267. The molecule has 0 unspecified atom stereocenters. The van der Waals surface area contributed by atoms with E-state index < -0.39 is 0 Å². The fourth-order valence-corrected chi connectivity index (χ4v) is 2.86. The van der Waals surface area contributed by atoms with Crippen molar-refractivity contribution in [3.8, 4) is 0 Å². The van der Waals surface area contributed by atoms with Crippen LogP contribution in [0.4, 0.5) is 0 Å². The van der Waals surface area contributed by atoms with Gasteiger partial charge in [0.15, 0.2) is 11.6 Å². The molecule has 4 nitrogen and oxygen atoms in total. The number of carbonyl (C=O) groups excluding carboxylic acids is 2. The summed E-state index contributed by atoms with van der Waals surface area (Å²) in [5.74, 6) is -0.521. The predicted octanol–water partition coefficient (Wildman–Crippen LogP) is 3.85. The Labute approximate surface area is 136 Å². The lowest BCUT2D eigenvalue weighted by Gasteiger charge is -2.04. The summed E-state index contributed by atoms with van der Waals surface area (Å²) in [6, 6.07) is 4.98. The average molecular weight is 370 g/mol. The van der Waals surface area contributed by atoms with E-state index in [1.54, 1.807) is 36.1 Å². The summed E-state index contributed by atoms with van der Waals surface area (Å²) in [4.78, 5) is 24.5. The van der Waals surface area contributed by atoms with Crippen molar-refractivity contribution in [2.75, 3.05) is 0 Å². The second-order valence-electron chi connectivity index (χ2n) is 4.66. The van der Waals surface area contributed by atoms with Gasteiger partial charge in [0, 0.05) is 23.3 Å². The van der Waals surface area contributed by atoms with E-state index in [0.29, 0.717) is 28.3 Å². The summed E-state index contributed by atoms with van der Waals surface area (Å²) in [6.45, 7) is 1.92. The van der Waals surface area contributed by atoms with E-state index >= 15 is 0 Å². The van der Waals surface area contributed by atoms with E-state index in [4.69, 9.17) is 11.6 Å². The molecular formula is C15H14BrClN2O2. The number of hydrogen-bond donors (Lipinski definition) is 0. The Morgan fingerprint density at radius 3 is 2.57 bits per heavy atom. The molecule has 0 amide bonds. The maximum Gasteiger partial charge on any atom is 0.174 e. The van der Waals surface area contributed by atoms with Crippen LogP contribution in [0.5, 0.6) is 0 Å². The third-order valence-corrected chi connectivity index (χ3v) is 3.90. The zero-order valence-electron chi connectivity index (χ0n) is 11.7. The molecule has 110 valence electrons. The van der Waals surface area contributed by atoms with Crippen molar-refractivity contribution in [2.24, 2.45) is 7.05 Å². The van der Waals surface area contributed by atoms with Crippen molar-refractivity contribution in [3.63, 3.8) is 0 Å². The molecular weight excluding hydrogens is 356 g/mol. The lowest BCUT2D eigenvalue weighted by atomic mass is 10.0. The van der Waals surface area contributed by atoms with Crippen LogP contribution in [0, 0.1) is 0 Å². The van der Waals surface area contributed by atoms with Crippen molar-refractivity contribution in [1.82, 2.24) is 9.78 Å². The number of Topliss-reactive ketones (excluding diaryl/α,β-unsaturated/α-hetero) is 2. The summed E-state index contributed by atoms with van der Waals surface area (Å²) in [7, 11) is 1.75. The first-order valence-corrected chi connectivity index (χ1v) is 7.63. The van der Waals surface area contributed by atoms with Crippen LogP contribution in [-0.4, -0.2) is 21.3 Å². The van der Waals surface area contributed by atoms with E-state index in [1.807, 2.05) is 6.92 Å². The van der Waals surface area contributed by atoms with E-state index in [-0.39, 0.29) is 18.0 Å². The predicted molar refractivity (Wildman–Crippen MR) is 85.0 cm³/mol. The van der Waals surface area contributed by atoms with Gasteiger partial charge in [-0.25, -0.2) is 0 Å². The number of aryl methyl sites for hydroxylation is 2. The Morgan fingerprint density at radius 2 is 1.95 bits per heavy atom. The maximum atomic E-state index is 12.3. The molecule has 0 atom stereocenters. The smallest absolute Gasteiger partial charge is 0.174 e. The van der Waals surface area contributed by atoms with E-state index in [1.165, 1.54) is 0 Å². The van der Waals surface area contributed by atoms with Crippen LogP contribution in [-0.2, 0) is 13.5 Å². The normalized spacial score (nSPS) is 10.7. The summed E-state index contributed by atoms with van der Waals surface area (Å²) in [5.41, 5.74) is 1.56. The summed E-state index contributed by atoms with van der Waals surface area (Å²) in [6.07, 6.45) is 2.09. The van der Waals surface area contributed by atoms with Crippen LogP contribution >= 0.6 is 27.5 Å². The van der Waals surface area contributed by atoms with Crippen LogP contribution in [0.15, 0.2) is 28.9 Å².